The van der Waals surface area contributed by atoms with Crippen LogP contribution in [0.1, 0.15) is 31.5 Å². The van der Waals surface area contributed by atoms with Gasteiger partial charge in [0.25, 0.3) is 0 Å². The monoisotopic (exact) mass is 224 g/mol. The molecular formula is C12H20N2S. The van der Waals surface area contributed by atoms with Crippen molar-refractivity contribution >= 4 is 11.3 Å². The molecule has 1 aromatic rings. The van der Waals surface area contributed by atoms with Crippen molar-refractivity contribution < 1.29 is 0 Å². The summed E-state index contributed by atoms with van der Waals surface area (Å²) in [7, 11) is 0. The summed E-state index contributed by atoms with van der Waals surface area (Å²) in [4.78, 5) is 4.63. The van der Waals surface area contributed by atoms with E-state index in [1.807, 2.05) is 6.08 Å². The molecule has 0 aromatic carbocycles. The second kappa shape index (κ2) is 5.42. The lowest BCUT2D eigenvalue weighted by atomic mass is 9.93. The fourth-order valence-corrected chi connectivity index (χ4v) is 2.19. The summed E-state index contributed by atoms with van der Waals surface area (Å²) < 4.78 is 0. The Labute approximate surface area is 96.4 Å². The molecule has 1 heterocycles. The third-order valence-electron chi connectivity index (χ3n) is 2.12. The molecule has 1 N–H and O–H groups in total. The van der Waals surface area contributed by atoms with Crippen molar-refractivity contribution in [3.05, 3.63) is 28.7 Å². The summed E-state index contributed by atoms with van der Waals surface area (Å²) >= 11 is 1.76. The summed E-state index contributed by atoms with van der Waals surface area (Å²) in [6, 6.07) is 0. The van der Waals surface area contributed by atoms with E-state index in [0.29, 0.717) is 0 Å². The standard InChI is InChI=1S/C12H20N2S/c1-5-7-13-8-6-11-14-10(9-15-11)12(2,3)4/h5,9,13H,1,6-8H2,2-4H3. The van der Waals surface area contributed by atoms with Gasteiger partial charge in [0.1, 0.15) is 0 Å². The highest BCUT2D eigenvalue weighted by molar-refractivity contribution is 7.09. The third-order valence-corrected chi connectivity index (χ3v) is 3.03. The molecule has 3 heteroatoms. The maximum atomic E-state index is 4.63. The summed E-state index contributed by atoms with van der Waals surface area (Å²) in [6.45, 7) is 12.1. The first-order chi connectivity index (χ1) is 7.04. The molecular weight excluding hydrogens is 204 g/mol. The van der Waals surface area contributed by atoms with Crippen molar-refractivity contribution in [1.82, 2.24) is 10.3 Å². The van der Waals surface area contributed by atoms with Crippen LogP contribution in [0, 0.1) is 0 Å². The lowest BCUT2D eigenvalue weighted by molar-refractivity contribution is 0.570. The molecule has 0 radical (unpaired) electrons. The van der Waals surface area contributed by atoms with Crippen LogP contribution in [0.5, 0.6) is 0 Å². The van der Waals surface area contributed by atoms with Crippen LogP contribution in [0.15, 0.2) is 18.0 Å². The van der Waals surface area contributed by atoms with Crippen LogP contribution in [0.2, 0.25) is 0 Å². The van der Waals surface area contributed by atoms with Crippen LogP contribution >= 0.6 is 11.3 Å². The number of hydrogen-bond acceptors (Lipinski definition) is 3. The van der Waals surface area contributed by atoms with E-state index in [2.05, 4.69) is 43.0 Å². The first-order valence-electron chi connectivity index (χ1n) is 5.30. The number of thiazole rings is 1. The van der Waals surface area contributed by atoms with Gasteiger partial charge in [-0.05, 0) is 0 Å². The van der Waals surface area contributed by atoms with Gasteiger partial charge >= 0.3 is 0 Å². The van der Waals surface area contributed by atoms with Gasteiger partial charge in [-0.3, -0.25) is 0 Å². The molecule has 0 aliphatic carbocycles. The molecule has 1 rings (SSSR count). The summed E-state index contributed by atoms with van der Waals surface area (Å²) in [6.07, 6.45) is 2.89. The van der Waals surface area contributed by atoms with E-state index < -0.39 is 0 Å². The number of nitrogens with one attached hydrogen (secondary N) is 1. The minimum Gasteiger partial charge on any atom is -0.313 e. The molecule has 0 saturated carbocycles. The first kappa shape index (κ1) is 12.4. The lowest BCUT2D eigenvalue weighted by Gasteiger charge is -2.14. The minimum atomic E-state index is 0.170. The predicted molar refractivity (Wildman–Crippen MR) is 67.6 cm³/mol. The quantitative estimate of drug-likeness (QED) is 0.614. The zero-order valence-corrected chi connectivity index (χ0v) is 10.7. The molecule has 84 valence electrons. The van der Waals surface area contributed by atoms with Gasteiger partial charge in [0, 0.05) is 30.3 Å². The smallest absolute Gasteiger partial charge is 0.0941 e. The van der Waals surface area contributed by atoms with Crippen LogP contribution in [0.25, 0.3) is 0 Å². The van der Waals surface area contributed by atoms with Gasteiger partial charge in [-0.25, -0.2) is 4.98 Å². The van der Waals surface area contributed by atoms with E-state index in [4.69, 9.17) is 0 Å². The predicted octanol–water partition coefficient (Wildman–Crippen LogP) is 2.76. The Balaban J connectivity index is 2.43. The van der Waals surface area contributed by atoms with Crippen molar-refractivity contribution in [2.75, 3.05) is 13.1 Å². The summed E-state index contributed by atoms with van der Waals surface area (Å²) in [5.41, 5.74) is 1.37. The molecule has 1 aromatic heterocycles. The Morgan fingerprint density at radius 3 is 2.80 bits per heavy atom. The highest BCUT2D eigenvalue weighted by Gasteiger charge is 2.16. The molecule has 0 aliphatic heterocycles. The van der Waals surface area contributed by atoms with Crippen LogP contribution in [0.3, 0.4) is 0 Å². The van der Waals surface area contributed by atoms with E-state index in [-0.39, 0.29) is 5.41 Å². The van der Waals surface area contributed by atoms with Gasteiger partial charge in [-0.15, -0.1) is 17.9 Å². The number of aromatic nitrogens is 1. The molecule has 0 spiro atoms. The molecule has 0 bridgehead atoms. The fourth-order valence-electron chi connectivity index (χ4n) is 1.17. The molecule has 0 saturated heterocycles. The number of hydrogen-bond donors (Lipinski definition) is 1. The molecule has 0 amide bonds. The van der Waals surface area contributed by atoms with Crippen LogP contribution < -0.4 is 5.32 Å². The zero-order valence-electron chi connectivity index (χ0n) is 9.84. The number of nitrogens with zero attached hydrogens (tertiary/aromatic N) is 1. The molecule has 0 unspecified atom stereocenters. The SMILES string of the molecule is C=CCNCCc1nc(C(C)(C)C)cs1. The molecule has 15 heavy (non-hydrogen) atoms. The average molecular weight is 224 g/mol. The highest BCUT2D eigenvalue weighted by atomic mass is 32.1. The van der Waals surface area contributed by atoms with Gasteiger partial charge in [0.15, 0.2) is 0 Å². The Morgan fingerprint density at radius 2 is 2.27 bits per heavy atom. The van der Waals surface area contributed by atoms with E-state index in [1.54, 1.807) is 11.3 Å². The molecule has 0 fully saturated rings. The maximum absolute atomic E-state index is 4.63. The topological polar surface area (TPSA) is 24.9 Å². The van der Waals surface area contributed by atoms with Gasteiger partial charge in [0.05, 0.1) is 10.7 Å². The van der Waals surface area contributed by atoms with Gasteiger partial charge in [-0.1, -0.05) is 26.8 Å². The van der Waals surface area contributed by atoms with E-state index in [0.717, 1.165) is 19.5 Å². The first-order valence-corrected chi connectivity index (χ1v) is 6.18. The van der Waals surface area contributed by atoms with E-state index >= 15 is 0 Å². The van der Waals surface area contributed by atoms with Crippen LogP contribution in [-0.4, -0.2) is 18.1 Å². The van der Waals surface area contributed by atoms with Crippen molar-refractivity contribution in [2.24, 2.45) is 0 Å². The van der Waals surface area contributed by atoms with Crippen molar-refractivity contribution in [2.45, 2.75) is 32.6 Å². The Morgan fingerprint density at radius 1 is 1.53 bits per heavy atom. The molecule has 0 atom stereocenters. The third kappa shape index (κ3) is 4.14. The van der Waals surface area contributed by atoms with Gasteiger partial charge in [0.2, 0.25) is 0 Å². The fraction of sp³-hybridized carbons (Fsp3) is 0.583. The summed E-state index contributed by atoms with van der Waals surface area (Å²) in [5, 5.41) is 6.67. The lowest BCUT2D eigenvalue weighted by Crippen LogP contribution is -2.17. The van der Waals surface area contributed by atoms with Crippen LogP contribution in [-0.2, 0) is 11.8 Å². The second-order valence-electron chi connectivity index (χ2n) is 4.62. The normalized spacial score (nSPS) is 11.7. The van der Waals surface area contributed by atoms with E-state index in [1.165, 1.54) is 10.7 Å². The maximum Gasteiger partial charge on any atom is 0.0941 e. The average Bonchev–Trinajstić information content (AvgIpc) is 2.60. The van der Waals surface area contributed by atoms with Gasteiger partial charge in [-0.2, -0.15) is 0 Å². The minimum absolute atomic E-state index is 0.170. The second-order valence-corrected chi connectivity index (χ2v) is 5.56. The van der Waals surface area contributed by atoms with E-state index in [9.17, 15) is 0 Å². The van der Waals surface area contributed by atoms with Crippen molar-refractivity contribution in [3.8, 4) is 0 Å². The van der Waals surface area contributed by atoms with Crippen molar-refractivity contribution in [3.63, 3.8) is 0 Å². The Kier molecular flexibility index (Phi) is 4.48. The van der Waals surface area contributed by atoms with Crippen molar-refractivity contribution in [1.29, 1.82) is 0 Å². The highest BCUT2D eigenvalue weighted by Crippen LogP contribution is 2.23. The zero-order chi connectivity index (χ0) is 11.3. The number of rotatable bonds is 5. The molecule has 0 aliphatic rings. The largest absolute Gasteiger partial charge is 0.313 e. The molecule has 2 nitrogen and oxygen atoms in total. The Hall–Kier alpha value is -0.670. The Bertz CT molecular complexity index is 310. The van der Waals surface area contributed by atoms with Crippen LogP contribution in [0.4, 0.5) is 0 Å². The summed E-state index contributed by atoms with van der Waals surface area (Å²) in [5.74, 6) is 0. The van der Waals surface area contributed by atoms with Gasteiger partial charge < -0.3 is 5.32 Å².